The van der Waals surface area contributed by atoms with E-state index in [1.807, 2.05) is 35.2 Å². The van der Waals surface area contributed by atoms with Crippen LogP contribution in [-0.2, 0) is 11.3 Å². The molecule has 1 spiro atoms. The van der Waals surface area contributed by atoms with E-state index in [4.69, 9.17) is 0 Å². The molecule has 2 fully saturated rings. The Kier molecular flexibility index (Phi) is 4.86. The fraction of sp³-hybridized carbons (Fsp3) is 0.450. The Labute approximate surface area is 163 Å². The summed E-state index contributed by atoms with van der Waals surface area (Å²) < 4.78 is 0. The zero-order valence-corrected chi connectivity index (χ0v) is 16.3. The Hall–Kier alpha value is -2.41. The summed E-state index contributed by atoms with van der Waals surface area (Å²) >= 11 is 1.41. The summed E-state index contributed by atoms with van der Waals surface area (Å²) in [6, 6.07) is 10.0. The molecule has 1 N–H and O–H groups in total. The number of carbonyl (C=O) groups is 2. The van der Waals surface area contributed by atoms with E-state index in [0.29, 0.717) is 23.9 Å². The van der Waals surface area contributed by atoms with Gasteiger partial charge in [0.05, 0.1) is 0 Å². The molecule has 7 heteroatoms. The van der Waals surface area contributed by atoms with Crippen LogP contribution in [0.15, 0.2) is 35.7 Å². The molecule has 2 aliphatic heterocycles. The van der Waals surface area contributed by atoms with Crippen molar-refractivity contribution in [2.45, 2.75) is 37.8 Å². The zero-order chi connectivity index (χ0) is 18.9. The maximum atomic E-state index is 13.5. The number of benzene rings is 1. The standard InChI is InChI=1S/C20H24N4O2S/c1-21-19-22-16(14-27-19)17(25)24-12-6-10-20(24)9-5-11-23(18(20)26)13-15-7-3-2-4-8-15/h2-4,7-8,14H,5-6,9-13H2,1H3,(H,21,22). The van der Waals surface area contributed by atoms with Crippen molar-refractivity contribution in [1.29, 1.82) is 0 Å². The van der Waals surface area contributed by atoms with Gasteiger partial charge in [-0.15, -0.1) is 11.3 Å². The van der Waals surface area contributed by atoms with Crippen LogP contribution in [0.3, 0.4) is 0 Å². The van der Waals surface area contributed by atoms with Crippen molar-refractivity contribution >= 4 is 28.3 Å². The van der Waals surface area contributed by atoms with E-state index < -0.39 is 5.54 Å². The van der Waals surface area contributed by atoms with Gasteiger partial charge in [-0.05, 0) is 31.2 Å². The van der Waals surface area contributed by atoms with Crippen molar-refractivity contribution in [3.63, 3.8) is 0 Å². The molecule has 2 aromatic rings. The van der Waals surface area contributed by atoms with Gasteiger partial charge < -0.3 is 15.1 Å². The topological polar surface area (TPSA) is 65.5 Å². The molecule has 3 heterocycles. The number of nitrogens with zero attached hydrogens (tertiary/aromatic N) is 3. The molecule has 6 nitrogen and oxygen atoms in total. The number of likely N-dealkylation sites (tertiary alicyclic amines) is 2. The summed E-state index contributed by atoms with van der Waals surface area (Å²) in [5.74, 6) is -0.0346. The second-order valence-corrected chi connectivity index (χ2v) is 8.05. The Morgan fingerprint density at radius 3 is 2.67 bits per heavy atom. The van der Waals surface area contributed by atoms with Crippen molar-refractivity contribution in [2.24, 2.45) is 0 Å². The first-order valence-corrected chi connectivity index (χ1v) is 10.3. The van der Waals surface area contributed by atoms with E-state index in [2.05, 4.69) is 10.3 Å². The van der Waals surface area contributed by atoms with Gasteiger partial charge in [0.25, 0.3) is 5.91 Å². The third kappa shape index (κ3) is 3.20. The van der Waals surface area contributed by atoms with Crippen LogP contribution < -0.4 is 5.32 Å². The summed E-state index contributed by atoms with van der Waals surface area (Å²) in [5.41, 5.74) is 0.851. The molecule has 142 valence electrons. The average Bonchev–Trinajstić information content (AvgIpc) is 3.34. The monoisotopic (exact) mass is 384 g/mol. The van der Waals surface area contributed by atoms with Gasteiger partial charge in [-0.1, -0.05) is 30.3 Å². The molecule has 1 aromatic heterocycles. The summed E-state index contributed by atoms with van der Waals surface area (Å²) in [4.78, 5) is 34.7. The zero-order valence-electron chi connectivity index (χ0n) is 15.5. The number of rotatable bonds is 4. The quantitative estimate of drug-likeness (QED) is 0.880. The van der Waals surface area contributed by atoms with Gasteiger partial charge in [0.1, 0.15) is 11.2 Å². The molecule has 1 atom stereocenters. The normalized spacial score (nSPS) is 22.5. The van der Waals surface area contributed by atoms with Crippen molar-refractivity contribution in [3.8, 4) is 0 Å². The van der Waals surface area contributed by atoms with Crippen molar-refractivity contribution in [1.82, 2.24) is 14.8 Å². The van der Waals surface area contributed by atoms with Crippen LogP contribution in [-0.4, -0.2) is 52.3 Å². The fourth-order valence-corrected chi connectivity index (χ4v) is 4.95. The first-order chi connectivity index (χ1) is 13.1. The van der Waals surface area contributed by atoms with Gasteiger partial charge in [-0.2, -0.15) is 0 Å². The number of thiazole rings is 1. The van der Waals surface area contributed by atoms with E-state index in [1.54, 1.807) is 17.3 Å². The highest BCUT2D eigenvalue weighted by Gasteiger charge is 2.53. The van der Waals surface area contributed by atoms with E-state index in [0.717, 1.165) is 37.8 Å². The van der Waals surface area contributed by atoms with Crippen molar-refractivity contribution in [3.05, 3.63) is 47.0 Å². The predicted molar refractivity (Wildman–Crippen MR) is 106 cm³/mol. The van der Waals surface area contributed by atoms with Crippen LogP contribution in [0, 0.1) is 0 Å². The average molecular weight is 385 g/mol. The number of amides is 2. The number of nitrogens with one attached hydrogen (secondary N) is 1. The first kappa shape index (κ1) is 18.0. The van der Waals surface area contributed by atoms with Crippen molar-refractivity contribution in [2.75, 3.05) is 25.5 Å². The maximum Gasteiger partial charge on any atom is 0.274 e. The summed E-state index contributed by atoms with van der Waals surface area (Å²) in [5, 5.41) is 5.46. The highest BCUT2D eigenvalue weighted by Crippen LogP contribution is 2.39. The lowest BCUT2D eigenvalue weighted by Crippen LogP contribution is -2.61. The Bertz CT molecular complexity index is 838. The Balaban J connectivity index is 1.58. The number of piperidine rings is 1. The number of hydrogen-bond donors (Lipinski definition) is 1. The van der Waals surface area contributed by atoms with E-state index in [9.17, 15) is 9.59 Å². The van der Waals surface area contributed by atoms with E-state index in [-0.39, 0.29) is 11.8 Å². The molecule has 2 saturated heterocycles. The van der Waals surface area contributed by atoms with Crippen molar-refractivity contribution < 1.29 is 9.59 Å². The van der Waals surface area contributed by atoms with Crippen LogP contribution in [0.4, 0.5) is 5.13 Å². The van der Waals surface area contributed by atoms with Crippen LogP contribution in [0.25, 0.3) is 0 Å². The smallest absolute Gasteiger partial charge is 0.274 e. The molecule has 2 amide bonds. The molecule has 0 radical (unpaired) electrons. The minimum absolute atomic E-state index is 0.0903. The molecule has 0 aliphatic carbocycles. The largest absolute Gasteiger partial charge is 0.365 e. The van der Waals surface area contributed by atoms with Gasteiger partial charge >= 0.3 is 0 Å². The third-order valence-electron chi connectivity index (χ3n) is 5.59. The van der Waals surface area contributed by atoms with Crippen LogP contribution in [0.2, 0.25) is 0 Å². The molecule has 2 aliphatic rings. The van der Waals surface area contributed by atoms with E-state index in [1.165, 1.54) is 11.3 Å². The molecule has 0 bridgehead atoms. The maximum absolute atomic E-state index is 13.5. The number of hydrogen-bond acceptors (Lipinski definition) is 5. The summed E-state index contributed by atoms with van der Waals surface area (Å²) in [6.45, 7) is 1.97. The second-order valence-electron chi connectivity index (χ2n) is 7.20. The van der Waals surface area contributed by atoms with Crippen LogP contribution in [0.1, 0.15) is 41.7 Å². The Morgan fingerprint density at radius 1 is 1.22 bits per heavy atom. The van der Waals surface area contributed by atoms with E-state index >= 15 is 0 Å². The molecule has 1 unspecified atom stereocenters. The summed E-state index contributed by atoms with van der Waals surface area (Å²) in [7, 11) is 1.79. The SMILES string of the molecule is CNc1nc(C(=O)N2CCCC23CCCN(Cc2ccccc2)C3=O)cs1. The molecule has 4 rings (SSSR count). The Morgan fingerprint density at radius 2 is 1.96 bits per heavy atom. The minimum atomic E-state index is -0.701. The third-order valence-corrected chi connectivity index (χ3v) is 6.45. The molecular formula is C20H24N4O2S. The lowest BCUT2D eigenvalue weighted by molar-refractivity contribution is -0.146. The van der Waals surface area contributed by atoms with Gasteiger partial charge in [0, 0.05) is 32.1 Å². The van der Waals surface area contributed by atoms with Gasteiger partial charge in [0.15, 0.2) is 5.13 Å². The number of anilines is 1. The highest BCUT2D eigenvalue weighted by atomic mass is 32.1. The lowest BCUT2D eigenvalue weighted by Gasteiger charge is -2.44. The minimum Gasteiger partial charge on any atom is -0.365 e. The van der Waals surface area contributed by atoms with Gasteiger partial charge in [0.2, 0.25) is 5.91 Å². The molecular weight excluding hydrogens is 360 g/mol. The second kappa shape index (κ2) is 7.31. The van der Waals surface area contributed by atoms with Crippen LogP contribution in [0.5, 0.6) is 0 Å². The van der Waals surface area contributed by atoms with Gasteiger partial charge in [-0.3, -0.25) is 9.59 Å². The van der Waals surface area contributed by atoms with Gasteiger partial charge in [-0.25, -0.2) is 4.98 Å². The molecule has 27 heavy (non-hydrogen) atoms. The predicted octanol–water partition coefficient (Wildman–Crippen LogP) is 2.98. The summed E-state index contributed by atoms with van der Waals surface area (Å²) in [6.07, 6.45) is 3.26. The fourth-order valence-electron chi connectivity index (χ4n) is 4.30. The molecule has 0 saturated carbocycles. The first-order valence-electron chi connectivity index (χ1n) is 9.42. The number of aromatic nitrogens is 1. The molecule has 1 aromatic carbocycles. The lowest BCUT2D eigenvalue weighted by atomic mass is 9.85. The number of carbonyl (C=O) groups excluding carboxylic acids is 2. The van der Waals surface area contributed by atoms with Crippen LogP contribution >= 0.6 is 11.3 Å². The highest BCUT2D eigenvalue weighted by molar-refractivity contribution is 7.13.